The van der Waals surface area contributed by atoms with Crippen LogP contribution in [0.2, 0.25) is 0 Å². The summed E-state index contributed by atoms with van der Waals surface area (Å²) in [6.45, 7) is 22.5. The number of aryl methyl sites for hydroxylation is 1. The Labute approximate surface area is 270 Å². The van der Waals surface area contributed by atoms with E-state index in [0.29, 0.717) is 18.4 Å². The minimum absolute atomic E-state index is 0.0113. The molecule has 0 amide bonds. The Morgan fingerprint density at radius 2 is 1.53 bits per heavy atom. The Balaban J connectivity index is -0.000000533. The lowest BCUT2D eigenvalue weighted by molar-refractivity contribution is -0.117. The predicted molar refractivity (Wildman–Crippen MR) is 194 cm³/mol. The zero-order valence-electron chi connectivity index (χ0n) is 29.3. The highest BCUT2D eigenvalue weighted by atomic mass is 32.2. The average molecular weight is 616 g/mol. The van der Waals surface area contributed by atoms with Crippen molar-refractivity contribution < 1.29 is 9.53 Å². The number of ether oxygens (including phenoxy) is 1. The number of Topliss-reactive ketones (excluding diaryl/α,β-unsaturated/α-hetero) is 1. The number of thioether (sulfide) groups is 1. The van der Waals surface area contributed by atoms with Crippen LogP contribution in [0.3, 0.4) is 0 Å². The van der Waals surface area contributed by atoms with Crippen molar-refractivity contribution in [3.63, 3.8) is 0 Å². The highest BCUT2D eigenvalue weighted by Crippen LogP contribution is 2.13. The molecule has 0 spiro atoms. The van der Waals surface area contributed by atoms with Crippen molar-refractivity contribution in [1.82, 2.24) is 10.6 Å². The van der Waals surface area contributed by atoms with Gasteiger partial charge in [0.05, 0.1) is 0 Å². The van der Waals surface area contributed by atoms with Gasteiger partial charge in [-0.3, -0.25) is 4.79 Å². The van der Waals surface area contributed by atoms with Crippen LogP contribution in [0.25, 0.3) is 0 Å². The summed E-state index contributed by atoms with van der Waals surface area (Å²) in [6, 6.07) is 21.0. The quantitative estimate of drug-likeness (QED) is 0.145. The van der Waals surface area contributed by atoms with E-state index in [1.807, 2.05) is 57.5 Å². The van der Waals surface area contributed by atoms with Crippen LogP contribution in [0.1, 0.15) is 92.7 Å². The third-order valence-electron chi connectivity index (χ3n) is 5.21. The summed E-state index contributed by atoms with van der Waals surface area (Å²) in [5, 5.41) is 8.41. The SMILES string of the molecule is C/C=C(/OCC(CCCC)NC)C(C)=O.CC.CC(C)C.CCNC/C(N)=C/SCc1ccccc1.Cc1ccccc1. The maximum Gasteiger partial charge on any atom is 0.193 e. The monoisotopic (exact) mass is 615 g/mol. The molecule has 246 valence electrons. The van der Waals surface area contributed by atoms with Gasteiger partial charge in [-0.15, -0.1) is 11.8 Å². The van der Waals surface area contributed by atoms with Crippen LogP contribution in [0.5, 0.6) is 0 Å². The number of carbonyl (C=O) groups excluding carboxylic acids is 1. The lowest BCUT2D eigenvalue weighted by atomic mass is 10.1. The van der Waals surface area contributed by atoms with Crippen LogP contribution >= 0.6 is 11.8 Å². The number of hydrogen-bond donors (Lipinski definition) is 3. The Morgan fingerprint density at radius 3 is 1.93 bits per heavy atom. The topological polar surface area (TPSA) is 76.4 Å². The average Bonchev–Trinajstić information content (AvgIpc) is 3.00. The van der Waals surface area contributed by atoms with E-state index in [4.69, 9.17) is 10.5 Å². The van der Waals surface area contributed by atoms with Gasteiger partial charge in [-0.1, -0.05) is 128 Å². The minimum atomic E-state index is -0.0113. The molecule has 0 saturated carbocycles. The first kappa shape index (κ1) is 44.9. The molecule has 5 nitrogen and oxygen atoms in total. The summed E-state index contributed by atoms with van der Waals surface area (Å²) in [4.78, 5) is 11.1. The van der Waals surface area contributed by atoms with Crippen molar-refractivity contribution in [2.24, 2.45) is 11.7 Å². The molecule has 0 bridgehead atoms. The second-order valence-electron chi connectivity index (χ2n) is 10.3. The Hall–Kier alpha value is -2.54. The van der Waals surface area contributed by atoms with Gasteiger partial charge in [-0.2, -0.15) is 0 Å². The smallest absolute Gasteiger partial charge is 0.193 e. The van der Waals surface area contributed by atoms with E-state index in [0.717, 1.165) is 36.9 Å². The lowest BCUT2D eigenvalue weighted by Gasteiger charge is -2.17. The van der Waals surface area contributed by atoms with Gasteiger partial charge in [0.25, 0.3) is 0 Å². The molecule has 2 aromatic carbocycles. The first-order valence-electron chi connectivity index (χ1n) is 15.9. The molecule has 4 N–H and O–H groups in total. The standard InChI is InChI=1S/C12H18N2S.C12H23NO2.C7H8.C4H10.C2H6/c1-2-14-8-12(13)10-15-9-11-6-4-3-5-7-11;1-5-7-8-11(13-4)9-15-12(6-2)10(3)14;1-7-5-3-2-4-6-7;1-4(2)3;1-2/h3-7,10,14H,2,8-9,13H2,1H3;6,11,13H,5,7-9H2,1-4H3;2-6H,1H3;4H,1-3H3;1-2H3/b12-10-;12-6+;;;. The normalized spacial score (nSPS) is 11.3. The van der Waals surface area contributed by atoms with Gasteiger partial charge in [0, 0.05) is 31.0 Å². The number of benzene rings is 2. The molecule has 43 heavy (non-hydrogen) atoms. The van der Waals surface area contributed by atoms with E-state index in [2.05, 4.69) is 88.6 Å². The molecule has 0 aliphatic carbocycles. The van der Waals surface area contributed by atoms with Gasteiger partial charge in [0.15, 0.2) is 11.5 Å². The molecule has 0 aromatic heterocycles. The highest BCUT2D eigenvalue weighted by molar-refractivity contribution is 8.01. The minimum Gasteiger partial charge on any atom is -0.489 e. The van der Waals surface area contributed by atoms with Gasteiger partial charge >= 0.3 is 0 Å². The number of rotatable bonds is 14. The number of ketones is 1. The largest absolute Gasteiger partial charge is 0.489 e. The van der Waals surface area contributed by atoms with Gasteiger partial charge in [0.2, 0.25) is 0 Å². The van der Waals surface area contributed by atoms with Gasteiger partial charge in [-0.25, -0.2) is 0 Å². The first-order chi connectivity index (χ1) is 20.6. The number of unbranched alkanes of at least 4 members (excludes halogenated alkanes) is 1. The molecule has 0 radical (unpaired) electrons. The van der Waals surface area contributed by atoms with Gasteiger partial charge in [-0.05, 0) is 56.8 Å². The fourth-order valence-corrected chi connectivity index (χ4v) is 3.77. The van der Waals surface area contributed by atoms with Crippen LogP contribution in [-0.2, 0) is 15.3 Å². The van der Waals surface area contributed by atoms with Crippen LogP contribution in [0, 0.1) is 12.8 Å². The number of carbonyl (C=O) groups is 1. The Bertz CT molecular complexity index is 913. The maximum absolute atomic E-state index is 11.1. The number of allylic oxidation sites excluding steroid dienone is 2. The molecule has 0 aliphatic heterocycles. The summed E-state index contributed by atoms with van der Waals surface area (Å²) in [6.07, 6.45) is 5.16. The third kappa shape index (κ3) is 33.8. The molecule has 0 heterocycles. The summed E-state index contributed by atoms with van der Waals surface area (Å²) < 4.78 is 5.45. The summed E-state index contributed by atoms with van der Waals surface area (Å²) >= 11 is 1.74. The van der Waals surface area contributed by atoms with Crippen LogP contribution in [0.4, 0.5) is 0 Å². The molecule has 0 aliphatic rings. The molecule has 1 atom stereocenters. The molecule has 2 aromatic rings. The van der Waals surface area contributed by atoms with Crippen molar-refractivity contribution >= 4 is 17.5 Å². The van der Waals surface area contributed by atoms with Crippen molar-refractivity contribution in [2.45, 2.75) is 100 Å². The van der Waals surface area contributed by atoms with E-state index < -0.39 is 0 Å². The Kier molecular flexibility index (Phi) is 35.5. The number of likely N-dealkylation sites (N-methyl/N-ethyl adjacent to an activating group) is 2. The van der Waals surface area contributed by atoms with E-state index in [9.17, 15) is 4.79 Å². The number of nitrogens with two attached hydrogens (primary N) is 1. The molecule has 6 heteroatoms. The van der Waals surface area contributed by atoms with E-state index in [-0.39, 0.29) is 5.78 Å². The summed E-state index contributed by atoms with van der Waals surface area (Å²) in [5.74, 6) is 2.27. The number of nitrogens with one attached hydrogen (secondary N) is 2. The third-order valence-corrected chi connectivity index (χ3v) is 6.18. The van der Waals surface area contributed by atoms with Gasteiger partial charge in [0.1, 0.15) is 6.61 Å². The predicted octanol–water partition coefficient (Wildman–Crippen LogP) is 9.29. The second-order valence-corrected chi connectivity index (χ2v) is 11.2. The van der Waals surface area contributed by atoms with E-state index in [1.54, 1.807) is 17.8 Å². The van der Waals surface area contributed by atoms with Crippen LogP contribution in [-0.4, -0.2) is 38.6 Å². The molecule has 1 unspecified atom stereocenters. The van der Waals surface area contributed by atoms with E-state index in [1.165, 1.54) is 30.9 Å². The summed E-state index contributed by atoms with van der Waals surface area (Å²) in [5.41, 5.74) is 9.35. The fraction of sp³-hybridized carbons (Fsp3) is 0.541. The van der Waals surface area contributed by atoms with Crippen molar-refractivity contribution in [3.8, 4) is 0 Å². The molecule has 0 fully saturated rings. The zero-order valence-corrected chi connectivity index (χ0v) is 30.2. The fourth-order valence-electron chi connectivity index (χ4n) is 3.00. The Morgan fingerprint density at radius 1 is 1.00 bits per heavy atom. The highest BCUT2D eigenvalue weighted by Gasteiger charge is 2.09. The molecular weight excluding hydrogens is 550 g/mol. The molecular formula is C37H65N3O2S. The van der Waals surface area contributed by atoms with Crippen molar-refractivity contribution in [3.05, 3.63) is 94.7 Å². The number of hydrogen-bond acceptors (Lipinski definition) is 6. The van der Waals surface area contributed by atoms with Crippen LogP contribution < -0.4 is 16.4 Å². The van der Waals surface area contributed by atoms with E-state index >= 15 is 0 Å². The second kappa shape index (κ2) is 34.0. The van der Waals surface area contributed by atoms with Gasteiger partial charge < -0.3 is 21.1 Å². The molecule has 2 rings (SSSR count). The van der Waals surface area contributed by atoms with Crippen molar-refractivity contribution in [1.29, 1.82) is 0 Å². The first-order valence-corrected chi connectivity index (χ1v) is 17.0. The maximum atomic E-state index is 11.1. The zero-order chi connectivity index (χ0) is 33.3. The molecule has 0 saturated heterocycles. The van der Waals surface area contributed by atoms with Crippen LogP contribution in [0.15, 0.2) is 83.6 Å². The van der Waals surface area contributed by atoms with Crippen molar-refractivity contribution in [2.75, 3.05) is 26.7 Å². The summed E-state index contributed by atoms with van der Waals surface area (Å²) in [7, 11) is 1.92. The lowest BCUT2D eigenvalue weighted by Crippen LogP contribution is -2.30.